The number of rotatable bonds is 5. The lowest BCUT2D eigenvalue weighted by Gasteiger charge is -2.27. The molecule has 1 aromatic heterocycles. The zero-order valence-corrected chi connectivity index (χ0v) is 16.9. The van der Waals surface area contributed by atoms with Crippen LogP contribution in [0.2, 0.25) is 0 Å². The van der Waals surface area contributed by atoms with Crippen LogP contribution in [0.3, 0.4) is 0 Å². The molecule has 1 fully saturated rings. The van der Waals surface area contributed by atoms with Crippen LogP contribution < -0.4 is 10.6 Å². The zero-order chi connectivity index (χ0) is 19.0. The van der Waals surface area contributed by atoms with Crippen LogP contribution in [0.25, 0.3) is 0 Å². The molecular weight excluding hydrogens is 356 g/mol. The van der Waals surface area contributed by atoms with Crippen molar-refractivity contribution < 1.29 is 9.90 Å². The molecule has 5 heteroatoms. The Morgan fingerprint density at radius 2 is 2.04 bits per heavy atom. The van der Waals surface area contributed by atoms with Gasteiger partial charge < -0.3 is 10.4 Å². The summed E-state index contributed by atoms with van der Waals surface area (Å²) < 4.78 is 0. The third-order valence-corrected chi connectivity index (χ3v) is 6.73. The summed E-state index contributed by atoms with van der Waals surface area (Å²) in [6.45, 7) is 3.50. The molecule has 2 aromatic rings. The summed E-state index contributed by atoms with van der Waals surface area (Å²) in [6.07, 6.45) is 8.32. The van der Waals surface area contributed by atoms with E-state index in [2.05, 4.69) is 22.8 Å². The first-order valence-electron chi connectivity index (χ1n) is 9.93. The highest BCUT2D eigenvalue weighted by Crippen LogP contribution is 2.37. The number of carbonyl (C=O) groups excluding carboxylic acids is 1. The molecule has 2 aliphatic rings. The molecule has 0 radical (unpaired) electrons. The molecule has 1 aromatic carbocycles. The number of benzene rings is 1. The van der Waals surface area contributed by atoms with Crippen molar-refractivity contribution in [3.63, 3.8) is 0 Å². The lowest BCUT2D eigenvalue weighted by Crippen LogP contribution is -2.22. The van der Waals surface area contributed by atoms with Gasteiger partial charge in [-0.15, -0.1) is 11.3 Å². The summed E-state index contributed by atoms with van der Waals surface area (Å²) in [6, 6.07) is 6.12. The SMILES string of the molecule is CC(C)(O)c1csc(NC(=O)Nc2c(CC3CCC3)ccc3c2CCC3)c1. The van der Waals surface area contributed by atoms with E-state index < -0.39 is 5.60 Å². The molecule has 1 heterocycles. The normalized spacial score (nSPS) is 16.7. The van der Waals surface area contributed by atoms with Crippen molar-refractivity contribution in [3.05, 3.63) is 45.8 Å². The maximum absolute atomic E-state index is 12.7. The van der Waals surface area contributed by atoms with Crippen molar-refractivity contribution in [2.45, 2.75) is 64.4 Å². The predicted octanol–water partition coefficient (Wildman–Crippen LogP) is 5.45. The summed E-state index contributed by atoms with van der Waals surface area (Å²) in [4.78, 5) is 12.7. The number of nitrogens with one attached hydrogen (secondary N) is 2. The van der Waals surface area contributed by atoms with Crippen LogP contribution in [-0.4, -0.2) is 11.1 Å². The monoisotopic (exact) mass is 384 g/mol. The second-order valence-corrected chi connectivity index (χ2v) is 9.34. The molecular formula is C22H28N2O2S. The van der Waals surface area contributed by atoms with Gasteiger partial charge in [-0.2, -0.15) is 0 Å². The number of urea groups is 1. The maximum Gasteiger partial charge on any atom is 0.324 e. The Hall–Kier alpha value is -1.85. The molecule has 2 aliphatic carbocycles. The van der Waals surface area contributed by atoms with Crippen LogP contribution in [0.5, 0.6) is 0 Å². The van der Waals surface area contributed by atoms with Gasteiger partial charge in [-0.25, -0.2) is 4.79 Å². The standard InChI is InChI=1S/C22H28N2O2S/c1-22(2,26)17-12-19(27-13-17)23-21(25)24-20-16(11-14-5-3-6-14)10-9-15-7-4-8-18(15)20/h9-10,12-14,26H,3-8,11H2,1-2H3,(H2,23,24,25). The fourth-order valence-electron chi connectivity index (χ4n) is 4.03. The van der Waals surface area contributed by atoms with Gasteiger partial charge in [0.2, 0.25) is 0 Å². The second kappa shape index (κ2) is 7.28. The molecule has 0 unspecified atom stereocenters. The lowest BCUT2D eigenvalue weighted by molar-refractivity contribution is 0.0791. The highest BCUT2D eigenvalue weighted by molar-refractivity contribution is 7.14. The Morgan fingerprint density at radius 1 is 1.22 bits per heavy atom. The number of anilines is 2. The number of fused-ring (bicyclic) bond motifs is 1. The first-order chi connectivity index (χ1) is 12.9. The largest absolute Gasteiger partial charge is 0.386 e. The number of aryl methyl sites for hydroxylation is 1. The van der Waals surface area contributed by atoms with Crippen molar-refractivity contribution >= 4 is 28.1 Å². The van der Waals surface area contributed by atoms with Crippen LogP contribution >= 0.6 is 11.3 Å². The predicted molar refractivity (Wildman–Crippen MR) is 112 cm³/mol. The van der Waals surface area contributed by atoms with Crippen LogP contribution in [0, 0.1) is 5.92 Å². The Morgan fingerprint density at radius 3 is 2.70 bits per heavy atom. The van der Waals surface area contributed by atoms with Crippen molar-refractivity contribution in [2.24, 2.45) is 5.92 Å². The quantitative estimate of drug-likeness (QED) is 0.642. The summed E-state index contributed by atoms with van der Waals surface area (Å²) in [7, 11) is 0. The average Bonchev–Trinajstić information content (AvgIpc) is 3.20. The van der Waals surface area contributed by atoms with Crippen molar-refractivity contribution in [1.29, 1.82) is 0 Å². The molecule has 0 aliphatic heterocycles. The van der Waals surface area contributed by atoms with E-state index in [9.17, 15) is 9.90 Å². The Labute approximate surface area is 165 Å². The number of amides is 2. The van der Waals surface area contributed by atoms with Crippen molar-refractivity contribution in [3.8, 4) is 0 Å². The molecule has 4 rings (SSSR count). The lowest BCUT2D eigenvalue weighted by atomic mass is 9.80. The number of hydrogen-bond donors (Lipinski definition) is 3. The Bertz CT molecular complexity index is 846. The van der Waals surface area contributed by atoms with E-state index in [1.807, 2.05) is 11.4 Å². The zero-order valence-electron chi connectivity index (χ0n) is 16.1. The van der Waals surface area contributed by atoms with Gasteiger partial charge in [-0.3, -0.25) is 5.32 Å². The first kappa shape index (κ1) is 18.5. The highest BCUT2D eigenvalue weighted by Gasteiger charge is 2.24. The molecule has 0 atom stereocenters. The summed E-state index contributed by atoms with van der Waals surface area (Å²) >= 11 is 1.44. The van der Waals surface area contributed by atoms with Crippen molar-refractivity contribution in [1.82, 2.24) is 0 Å². The molecule has 0 spiro atoms. The van der Waals surface area contributed by atoms with Gasteiger partial charge in [0, 0.05) is 5.69 Å². The van der Waals surface area contributed by atoms with E-state index in [-0.39, 0.29) is 6.03 Å². The van der Waals surface area contributed by atoms with Crippen LogP contribution in [-0.2, 0) is 24.9 Å². The van der Waals surface area contributed by atoms with Gasteiger partial charge in [-0.05, 0) is 79.1 Å². The fraction of sp³-hybridized carbons (Fsp3) is 0.500. The third kappa shape index (κ3) is 4.04. The Balaban J connectivity index is 1.51. The first-order valence-corrected chi connectivity index (χ1v) is 10.8. The van der Waals surface area contributed by atoms with Gasteiger partial charge in [0.25, 0.3) is 0 Å². The number of thiophene rings is 1. The molecule has 0 bridgehead atoms. The molecule has 27 heavy (non-hydrogen) atoms. The number of hydrogen-bond acceptors (Lipinski definition) is 3. The number of carbonyl (C=O) groups is 1. The minimum Gasteiger partial charge on any atom is -0.386 e. The van der Waals surface area contributed by atoms with Crippen LogP contribution in [0.4, 0.5) is 15.5 Å². The molecule has 4 nitrogen and oxygen atoms in total. The topological polar surface area (TPSA) is 61.4 Å². The van der Waals surface area contributed by atoms with E-state index >= 15 is 0 Å². The third-order valence-electron chi connectivity index (χ3n) is 5.88. The van der Waals surface area contributed by atoms with Gasteiger partial charge in [0.05, 0.1) is 10.6 Å². The summed E-state index contributed by atoms with van der Waals surface area (Å²) in [5.74, 6) is 0.764. The average molecular weight is 385 g/mol. The van der Waals surface area contributed by atoms with Crippen molar-refractivity contribution in [2.75, 3.05) is 10.6 Å². The fourth-order valence-corrected chi connectivity index (χ4v) is 4.98. The van der Waals surface area contributed by atoms with E-state index in [0.717, 1.165) is 41.4 Å². The Kier molecular flexibility index (Phi) is 4.99. The van der Waals surface area contributed by atoms with Gasteiger partial charge in [-0.1, -0.05) is 31.4 Å². The second-order valence-electron chi connectivity index (χ2n) is 8.43. The van der Waals surface area contributed by atoms with Crippen LogP contribution in [0.1, 0.15) is 61.8 Å². The van der Waals surface area contributed by atoms with Gasteiger partial charge in [0.15, 0.2) is 0 Å². The molecule has 1 saturated carbocycles. The summed E-state index contributed by atoms with van der Waals surface area (Å²) in [5.41, 5.74) is 4.93. The van der Waals surface area contributed by atoms with E-state index in [1.165, 1.54) is 53.7 Å². The maximum atomic E-state index is 12.7. The molecule has 2 amide bonds. The number of aliphatic hydroxyl groups is 1. The summed E-state index contributed by atoms with van der Waals surface area (Å²) in [5, 5.41) is 18.8. The molecule has 144 valence electrons. The molecule has 3 N–H and O–H groups in total. The van der Waals surface area contributed by atoms with E-state index in [4.69, 9.17) is 0 Å². The minimum absolute atomic E-state index is 0.200. The van der Waals surface area contributed by atoms with Crippen LogP contribution in [0.15, 0.2) is 23.6 Å². The van der Waals surface area contributed by atoms with E-state index in [0.29, 0.717) is 0 Å². The van der Waals surface area contributed by atoms with E-state index in [1.54, 1.807) is 13.8 Å². The minimum atomic E-state index is -0.900. The smallest absolute Gasteiger partial charge is 0.324 e. The highest BCUT2D eigenvalue weighted by atomic mass is 32.1. The van der Waals surface area contributed by atoms with Gasteiger partial charge >= 0.3 is 6.03 Å². The van der Waals surface area contributed by atoms with Gasteiger partial charge in [0.1, 0.15) is 0 Å². The molecule has 0 saturated heterocycles.